The van der Waals surface area contributed by atoms with Gasteiger partial charge in [-0.1, -0.05) is 42.5 Å². The minimum atomic E-state index is -0.385. The zero-order valence-corrected chi connectivity index (χ0v) is 15.3. The molecule has 1 amide bonds. The fourth-order valence-corrected chi connectivity index (χ4v) is 3.19. The van der Waals surface area contributed by atoms with Crippen molar-refractivity contribution in [3.63, 3.8) is 0 Å². The molecule has 1 aliphatic heterocycles. The first-order chi connectivity index (χ1) is 13.0. The maximum absolute atomic E-state index is 11.8. The Morgan fingerprint density at radius 1 is 1.15 bits per heavy atom. The Balaban J connectivity index is 1.74. The van der Waals surface area contributed by atoms with Crippen LogP contribution in [0.5, 0.6) is 0 Å². The van der Waals surface area contributed by atoms with E-state index in [9.17, 15) is 14.9 Å². The van der Waals surface area contributed by atoms with Crippen LogP contribution in [0.15, 0.2) is 54.6 Å². The Labute approximate surface area is 158 Å². The molecule has 3 rings (SSSR count). The third kappa shape index (κ3) is 5.27. The first-order valence-corrected chi connectivity index (χ1v) is 8.92. The molecule has 2 aromatic rings. The summed E-state index contributed by atoms with van der Waals surface area (Å²) < 4.78 is 5.50. The second kappa shape index (κ2) is 8.64. The van der Waals surface area contributed by atoms with Crippen LogP contribution in [0.3, 0.4) is 0 Å². The van der Waals surface area contributed by atoms with Gasteiger partial charge in [0.1, 0.15) is 6.10 Å². The van der Waals surface area contributed by atoms with Crippen LogP contribution < -0.4 is 0 Å². The van der Waals surface area contributed by atoms with Gasteiger partial charge in [0.2, 0.25) is 0 Å². The molecular formula is C20H23N3O4. The summed E-state index contributed by atoms with van der Waals surface area (Å²) in [6.45, 7) is 2.46. The summed E-state index contributed by atoms with van der Waals surface area (Å²) in [6, 6.07) is 16.7. The van der Waals surface area contributed by atoms with Gasteiger partial charge in [-0.25, -0.2) is 4.79 Å². The molecule has 142 valence electrons. The molecule has 2 aromatic carbocycles. The Bertz CT molecular complexity index is 797. The van der Waals surface area contributed by atoms with E-state index in [0.717, 1.165) is 17.5 Å². The lowest BCUT2D eigenvalue weighted by Crippen LogP contribution is -2.44. The normalized spacial score (nSPS) is 17.0. The number of non-ortho nitro benzene ring substituents is 1. The van der Waals surface area contributed by atoms with Crippen molar-refractivity contribution < 1.29 is 14.5 Å². The van der Waals surface area contributed by atoms with Crippen LogP contribution in [0.1, 0.15) is 17.5 Å². The molecule has 1 atom stereocenters. The number of hydrogen-bond acceptors (Lipinski definition) is 5. The molecule has 0 radical (unpaired) electrons. The number of nitrogens with zero attached hydrogens (tertiary/aromatic N) is 3. The van der Waals surface area contributed by atoms with Crippen LogP contribution in [0.4, 0.5) is 10.5 Å². The molecule has 7 heteroatoms. The number of nitro groups is 1. The van der Waals surface area contributed by atoms with Crippen LogP contribution >= 0.6 is 0 Å². The smallest absolute Gasteiger partial charge is 0.409 e. The van der Waals surface area contributed by atoms with E-state index >= 15 is 0 Å². The molecule has 1 fully saturated rings. The maximum atomic E-state index is 11.8. The predicted octanol–water partition coefficient (Wildman–Crippen LogP) is 3.44. The number of carbonyl (C=O) groups is 1. The van der Waals surface area contributed by atoms with Crippen molar-refractivity contribution >= 4 is 11.8 Å². The van der Waals surface area contributed by atoms with E-state index in [4.69, 9.17) is 4.74 Å². The third-order valence-electron chi connectivity index (χ3n) is 4.60. The number of hydrogen-bond donors (Lipinski definition) is 0. The number of amides is 1. The SMILES string of the molecule is CN1CC[C@@H](CN(Cc2ccccc2)Cc2cccc([N+](=O)[O-])c2)OC1=O. The lowest BCUT2D eigenvalue weighted by molar-refractivity contribution is -0.384. The van der Waals surface area contributed by atoms with Crippen LogP contribution in [-0.2, 0) is 17.8 Å². The first-order valence-electron chi connectivity index (χ1n) is 8.92. The standard InChI is InChI=1S/C20H23N3O4/c1-21-11-10-19(27-20(21)24)15-22(13-16-6-3-2-4-7-16)14-17-8-5-9-18(12-17)23(25)26/h2-9,12,19H,10-11,13-15H2,1H3/t19-/m0/s1. The lowest BCUT2D eigenvalue weighted by Gasteiger charge is -2.33. The number of ether oxygens (including phenoxy) is 1. The van der Waals surface area contributed by atoms with E-state index in [-0.39, 0.29) is 22.8 Å². The second-order valence-electron chi connectivity index (χ2n) is 6.80. The molecule has 0 aromatic heterocycles. The fourth-order valence-electron chi connectivity index (χ4n) is 3.19. The van der Waals surface area contributed by atoms with Crippen molar-refractivity contribution in [2.45, 2.75) is 25.6 Å². The van der Waals surface area contributed by atoms with Gasteiger partial charge < -0.3 is 9.64 Å². The predicted molar refractivity (Wildman–Crippen MR) is 101 cm³/mol. The molecule has 0 saturated carbocycles. The Morgan fingerprint density at radius 2 is 1.85 bits per heavy atom. The van der Waals surface area contributed by atoms with Gasteiger partial charge in [0, 0.05) is 51.8 Å². The average Bonchev–Trinajstić information content (AvgIpc) is 2.66. The highest BCUT2D eigenvalue weighted by atomic mass is 16.6. The van der Waals surface area contributed by atoms with Gasteiger partial charge in [0.15, 0.2) is 0 Å². The highest BCUT2D eigenvalue weighted by Crippen LogP contribution is 2.19. The fraction of sp³-hybridized carbons (Fsp3) is 0.350. The molecule has 0 unspecified atom stereocenters. The minimum absolute atomic E-state index is 0.0814. The molecule has 1 heterocycles. The largest absolute Gasteiger partial charge is 0.445 e. The van der Waals surface area contributed by atoms with Gasteiger partial charge in [0.25, 0.3) is 5.69 Å². The minimum Gasteiger partial charge on any atom is -0.445 e. The van der Waals surface area contributed by atoms with Crippen molar-refractivity contribution in [3.05, 3.63) is 75.8 Å². The van der Waals surface area contributed by atoms with Gasteiger partial charge >= 0.3 is 6.09 Å². The monoisotopic (exact) mass is 369 g/mol. The number of nitro benzene ring substituents is 1. The molecule has 0 N–H and O–H groups in total. The van der Waals surface area contributed by atoms with Gasteiger partial charge in [-0.2, -0.15) is 0 Å². The zero-order valence-electron chi connectivity index (χ0n) is 15.3. The molecule has 0 spiro atoms. The quantitative estimate of drug-likeness (QED) is 0.552. The van der Waals surface area contributed by atoms with E-state index in [1.54, 1.807) is 24.1 Å². The Morgan fingerprint density at radius 3 is 2.56 bits per heavy atom. The summed E-state index contributed by atoms with van der Waals surface area (Å²) in [5, 5.41) is 11.0. The number of cyclic esters (lactones) is 1. The lowest BCUT2D eigenvalue weighted by atomic mass is 10.1. The molecule has 27 heavy (non-hydrogen) atoms. The van der Waals surface area contributed by atoms with Crippen molar-refractivity contribution in [1.29, 1.82) is 0 Å². The van der Waals surface area contributed by atoms with Crippen LogP contribution in [0.2, 0.25) is 0 Å². The molecule has 0 bridgehead atoms. The van der Waals surface area contributed by atoms with Crippen molar-refractivity contribution in [2.24, 2.45) is 0 Å². The average molecular weight is 369 g/mol. The van der Waals surface area contributed by atoms with E-state index in [1.807, 2.05) is 36.4 Å². The van der Waals surface area contributed by atoms with Crippen molar-refractivity contribution in [1.82, 2.24) is 9.80 Å². The van der Waals surface area contributed by atoms with Crippen molar-refractivity contribution in [3.8, 4) is 0 Å². The highest BCUT2D eigenvalue weighted by Gasteiger charge is 2.26. The molecule has 0 aliphatic carbocycles. The Hall–Kier alpha value is -2.93. The van der Waals surface area contributed by atoms with Gasteiger partial charge in [-0.3, -0.25) is 15.0 Å². The summed E-state index contributed by atoms with van der Waals surface area (Å²) in [5.74, 6) is 0. The number of carbonyl (C=O) groups excluding carboxylic acids is 1. The number of benzene rings is 2. The summed E-state index contributed by atoms with van der Waals surface area (Å²) in [7, 11) is 1.73. The van der Waals surface area contributed by atoms with Gasteiger partial charge in [-0.15, -0.1) is 0 Å². The van der Waals surface area contributed by atoms with Gasteiger partial charge in [0.05, 0.1) is 4.92 Å². The van der Waals surface area contributed by atoms with E-state index in [1.165, 1.54) is 6.07 Å². The summed E-state index contributed by atoms with van der Waals surface area (Å²) in [6.07, 6.45) is 0.278. The van der Waals surface area contributed by atoms with E-state index in [0.29, 0.717) is 26.2 Å². The van der Waals surface area contributed by atoms with E-state index < -0.39 is 0 Å². The Kier molecular flexibility index (Phi) is 6.03. The second-order valence-corrected chi connectivity index (χ2v) is 6.80. The van der Waals surface area contributed by atoms with Gasteiger partial charge in [-0.05, 0) is 11.1 Å². The number of rotatable bonds is 7. The zero-order chi connectivity index (χ0) is 19.2. The van der Waals surface area contributed by atoms with Crippen LogP contribution in [-0.4, -0.2) is 47.1 Å². The molecule has 1 aliphatic rings. The highest BCUT2D eigenvalue weighted by molar-refractivity contribution is 5.68. The first kappa shape index (κ1) is 18.8. The van der Waals surface area contributed by atoms with Crippen LogP contribution in [0, 0.1) is 10.1 Å². The summed E-state index contributed by atoms with van der Waals surface area (Å²) in [5.41, 5.74) is 2.08. The summed E-state index contributed by atoms with van der Waals surface area (Å²) in [4.78, 5) is 26.2. The third-order valence-corrected chi connectivity index (χ3v) is 4.60. The van der Waals surface area contributed by atoms with Crippen LogP contribution in [0.25, 0.3) is 0 Å². The molecular weight excluding hydrogens is 346 g/mol. The van der Waals surface area contributed by atoms with Crippen molar-refractivity contribution in [2.75, 3.05) is 20.1 Å². The summed E-state index contributed by atoms with van der Waals surface area (Å²) >= 11 is 0. The maximum Gasteiger partial charge on any atom is 0.409 e. The topological polar surface area (TPSA) is 75.9 Å². The molecule has 7 nitrogen and oxygen atoms in total. The van der Waals surface area contributed by atoms with E-state index in [2.05, 4.69) is 4.90 Å². The molecule has 1 saturated heterocycles.